The second kappa shape index (κ2) is 13.5. The average molecular weight is 454 g/mol. The summed E-state index contributed by atoms with van der Waals surface area (Å²) in [5.74, 6) is 1.63. The number of nitrogens with two attached hydrogens (primary N) is 1. The Labute approximate surface area is 204 Å². The molecule has 1 saturated carbocycles. The van der Waals surface area contributed by atoms with E-state index >= 15 is 0 Å². The van der Waals surface area contributed by atoms with Gasteiger partial charge < -0.3 is 10.6 Å². The molecule has 1 aliphatic heterocycles. The van der Waals surface area contributed by atoms with E-state index in [4.69, 9.17) is 5.73 Å². The minimum atomic E-state index is 0.290. The predicted molar refractivity (Wildman–Crippen MR) is 145 cm³/mol. The summed E-state index contributed by atoms with van der Waals surface area (Å²) in [6.45, 7) is 13.3. The van der Waals surface area contributed by atoms with E-state index in [1.807, 2.05) is 0 Å². The van der Waals surface area contributed by atoms with E-state index in [1.165, 1.54) is 81.2 Å². The molecule has 2 atom stereocenters. The second-order valence-corrected chi connectivity index (χ2v) is 11.6. The fraction of sp³-hybridized carbons (Fsp3) is 0.733. The summed E-state index contributed by atoms with van der Waals surface area (Å²) in [6, 6.07) is 10.4. The zero-order valence-corrected chi connectivity index (χ0v) is 22.1. The summed E-state index contributed by atoms with van der Waals surface area (Å²) in [5.41, 5.74) is 10.8. The molecule has 33 heavy (non-hydrogen) atoms. The maximum atomic E-state index is 6.47. The van der Waals surface area contributed by atoms with Gasteiger partial charge in [0.05, 0.1) is 0 Å². The smallest absolute Gasteiger partial charge is 0.0421 e. The molecule has 0 radical (unpaired) electrons. The Morgan fingerprint density at radius 1 is 1.06 bits per heavy atom. The van der Waals surface area contributed by atoms with Crippen molar-refractivity contribution in [1.29, 1.82) is 0 Å². The van der Waals surface area contributed by atoms with Crippen LogP contribution in [-0.2, 0) is 6.42 Å². The van der Waals surface area contributed by atoms with Crippen molar-refractivity contribution in [3.05, 3.63) is 41.5 Å². The van der Waals surface area contributed by atoms with Gasteiger partial charge in [0.2, 0.25) is 0 Å². The molecule has 1 aromatic carbocycles. The van der Waals surface area contributed by atoms with Gasteiger partial charge in [-0.15, -0.1) is 0 Å². The lowest BCUT2D eigenvalue weighted by Gasteiger charge is -2.41. The van der Waals surface area contributed by atoms with Crippen LogP contribution in [0.15, 0.2) is 35.9 Å². The summed E-state index contributed by atoms with van der Waals surface area (Å²) in [6.07, 6.45) is 15.9. The Kier molecular flexibility index (Phi) is 10.8. The van der Waals surface area contributed by atoms with Crippen molar-refractivity contribution < 1.29 is 0 Å². The SMILES string of the molecule is CC(C)=CCN(c1ccc(CCC2CCCCC2)cc1)C1CCCN(CC(N)CC(C)C)C1. The summed E-state index contributed by atoms with van der Waals surface area (Å²) >= 11 is 0. The standard InChI is InChI=1S/C30H51N3/c1-24(2)18-20-33(30-11-8-19-32(23-30)22-28(31)21-25(3)4)29-16-14-27(15-17-29)13-12-26-9-6-5-7-10-26/h14-18,25-26,28,30H,5-13,19-23,31H2,1-4H3. The molecule has 186 valence electrons. The zero-order chi connectivity index (χ0) is 23.6. The van der Waals surface area contributed by atoms with E-state index in [2.05, 4.69) is 67.8 Å². The van der Waals surface area contributed by atoms with Crippen molar-refractivity contribution in [2.45, 2.75) is 104 Å². The van der Waals surface area contributed by atoms with Crippen LogP contribution in [0.4, 0.5) is 5.69 Å². The monoisotopic (exact) mass is 453 g/mol. The van der Waals surface area contributed by atoms with Gasteiger partial charge in [-0.05, 0) is 82.0 Å². The van der Waals surface area contributed by atoms with Crippen LogP contribution in [0.5, 0.6) is 0 Å². The number of nitrogens with zero attached hydrogens (tertiary/aromatic N) is 2. The number of anilines is 1. The van der Waals surface area contributed by atoms with Crippen molar-refractivity contribution in [2.75, 3.05) is 31.1 Å². The first-order chi connectivity index (χ1) is 15.9. The molecular weight excluding hydrogens is 402 g/mol. The van der Waals surface area contributed by atoms with Gasteiger partial charge in [0, 0.05) is 37.4 Å². The molecule has 3 rings (SSSR count). The van der Waals surface area contributed by atoms with Crippen LogP contribution in [0.3, 0.4) is 0 Å². The number of hydrogen-bond acceptors (Lipinski definition) is 3. The molecule has 2 fully saturated rings. The molecule has 0 amide bonds. The third-order valence-corrected chi connectivity index (χ3v) is 7.72. The molecule has 1 aliphatic carbocycles. The molecule has 3 heteroatoms. The minimum absolute atomic E-state index is 0.290. The predicted octanol–water partition coefficient (Wildman–Crippen LogP) is 6.81. The fourth-order valence-corrected chi connectivity index (χ4v) is 5.91. The molecule has 0 aromatic heterocycles. The molecule has 2 N–H and O–H groups in total. The summed E-state index contributed by atoms with van der Waals surface area (Å²) in [4.78, 5) is 5.27. The first-order valence-electron chi connectivity index (χ1n) is 13.9. The van der Waals surface area contributed by atoms with Crippen LogP contribution in [-0.4, -0.2) is 43.2 Å². The maximum Gasteiger partial charge on any atom is 0.0421 e. The molecule has 2 aliphatic rings. The number of likely N-dealkylation sites (tertiary alicyclic amines) is 1. The summed E-state index contributed by atoms with van der Waals surface area (Å²) < 4.78 is 0. The second-order valence-electron chi connectivity index (χ2n) is 11.6. The van der Waals surface area contributed by atoms with Crippen LogP contribution in [0.1, 0.15) is 91.0 Å². The van der Waals surface area contributed by atoms with E-state index in [1.54, 1.807) is 0 Å². The van der Waals surface area contributed by atoms with Gasteiger partial charge in [-0.2, -0.15) is 0 Å². The number of allylic oxidation sites excluding steroid dienone is 1. The highest BCUT2D eigenvalue weighted by atomic mass is 15.2. The number of benzene rings is 1. The summed E-state index contributed by atoms with van der Waals surface area (Å²) in [7, 11) is 0. The highest BCUT2D eigenvalue weighted by Gasteiger charge is 2.26. The molecule has 3 nitrogen and oxygen atoms in total. The number of aryl methyl sites for hydroxylation is 1. The highest BCUT2D eigenvalue weighted by Crippen LogP contribution is 2.29. The Hall–Kier alpha value is -1.32. The zero-order valence-electron chi connectivity index (χ0n) is 22.1. The number of piperidine rings is 1. The maximum absolute atomic E-state index is 6.47. The van der Waals surface area contributed by atoms with Crippen molar-refractivity contribution in [3.63, 3.8) is 0 Å². The number of hydrogen-bond donors (Lipinski definition) is 1. The van der Waals surface area contributed by atoms with E-state index in [-0.39, 0.29) is 0 Å². The average Bonchev–Trinajstić information content (AvgIpc) is 2.79. The Morgan fingerprint density at radius 2 is 1.79 bits per heavy atom. The van der Waals surface area contributed by atoms with E-state index in [9.17, 15) is 0 Å². The van der Waals surface area contributed by atoms with Gasteiger partial charge in [0.1, 0.15) is 0 Å². The van der Waals surface area contributed by atoms with Gasteiger partial charge in [-0.1, -0.05) is 69.7 Å². The van der Waals surface area contributed by atoms with Crippen LogP contribution < -0.4 is 10.6 Å². The molecule has 0 spiro atoms. The lowest BCUT2D eigenvalue weighted by molar-refractivity contribution is 0.188. The first-order valence-corrected chi connectivity index (χ1v) is 13.9. The molecular formula is C30H51N3. The lowest BCUT2D eigenvalue weighted by atomic mass is 9.85. The summed E-state index contributed by atoms with van der Waals surface area (Å²) in [5, 5.41) is 0. The molecule has 2 unspecified atom stereocenters. The normalized spacial score (nSPS) is 21.2. The van der Waals surface area contributed by atoms with E-state index < -0.39 is 0 Å². The van der Waals surface area contributed by atoms with Crippen molar-refractivity contribution in [1.82, 2.24) is 4.90 Å². The minimum Gasteiger partial charge on any atom is -0.364 e. The number of rotatable bonds is 11. The van der Waals surface area contributed by atoms with Crippen molar-refractivity contribution in [3.8, 4) is 0 Å². The van der Waals surface area contributed by atoms with E-state index in [0.29, 0.717) is 18.0 Å². The molecule has 0 bridgehead atoms. The van der Waals surface area contributed by atoms with Crippen molar-refractivity contribution in [2.24, 2.45) is 17.6 Å². The Balaban J connectivity index is 1.62. The van der Waals surface area contributed by atoms with Gasteiger partial charge in [0.25, 0.3) is 0 Å². The topological polar surface area (TPSA) is 32.5 Å². The van der Waals surface area contributed by atoms with Crippen LogP contribution in [0.2, 0.25) is 0 Å². The first kappa shape index (κ1) is 26.3. The highest BCUT2D eigenvalue weighted by molar-refractivity contribution is 5.49. The van der Waals surface area contributed by atoms with Gasteiger partial charge in [-0.3, -0.25) is 4.90 Å². The van der Waals surface area contributed by atoms with Gasteiger partial charge in [0.15, 0.2) is 0 Å². The van der Waals surface area contributed by atoms with Crippen LogP contribution in [0, 0.1) is 11.8 Å². The fourth-order valence-electron chi connectivity index (χ4n) is 5.91. The molecule has 1 aromatic rings. The molecule has 1 saturated heterocycles. The largest absolute Gasteiger partial charge is 0.364 e. The van der Waals surface area contributed by atoms with Crippen LogP contribution >= 0.6 is 0 Å². The molecule has 1 heterocycles. The third-order valence-electron chi connectivity index (χ3n) is 7.72. The lowest BCUT2D eigenvalue weighted by Crippen LogP contribution is -2.51. The van der Waals surface area contributed by atoms with Gasteiger partial charge in [-0.25, -0.2) is 0 Å². The third kappa shape index (κ3) is 9.09. The van der Waals surface area contributed by atoms with Crippen molar-refractivity contribution >= 4 is 5.69 Å². The van der Waals surface area contributed by atoms with E-state index in [0.717, 1.165) is 32.0 Å². The van der Waals surface area contributed by atoms with Crippen LogP contribution in [0.25, 0.3) is 0 Å². The van der Waals surface area contributed by atoms with Gasteiger partial charge >= 0.3 is 0 Å². The Morgan fingerprint density at radius 3 is 2.45 bits per heavy atom. The quantitative estimate of drug-likeness (QED) is 0.374. The Bertz CT molecular complexity index is 698.